The van der Waals surface area contributed by atoms with Crippen molar-refractivity contribution in [3.63, 3.8) is 0 Å². The second kappa shape index (κ2) is 8.67. The molecule has 0 aromatic heterocycles. The van der Waals surface area contributed by atoms with Crippen LogP contribution in [0.4, 0.5) is 4.39 Å². The lowest BCUT2D eigenvalue weighted by molar-refractivity contribution is -0.123. The molecule has 5 nitrogen and oxygen atoms in total. The number of carbonyl (C=O) groups is 2. The average molecular weight is 330 g/mol. The van der Waals surface area contributed by atoms with Crippen molar-refractivity contribution in [2.75, 3.05) is 19.7 Å². The number of nitrogens with one attached hydrogen (secondary N) is 2. The van der Waals surface area contributed by atoms with Crippen LogP contribution in [-0.2, 0) is 4.79 Å². The predicted molar refractivity (Wildman–Crippen MR) is 88.4 cm³/mol. The van der Waals surface area contributed by atoms with Gasteiger partial charge in [-0.25, -0.2) is 4.39 Å². The highest BCUT2D eigenvalue weighted by atomic mass is 19.1. The standard InChI is InChI=1S/C18H19FN2O3/c1-13-5-7-16(8-6-13)24-12-17(22)20-9-10-21-18(23)14-3-2-4-15(19)11-14/h2-8,11H,9-10,12H2,1H3,(H,20,22)(H,21,23). The number of ether oxygens (including phenoxy) is 1. The fourth-order valence-electron chi connectivity index (χ4n) is 1.94. The first-order chi connectivity index (χ1) is 11.5. The Hall–Kier alpha value is -2.89. The molecule has 2 rings (SSSR count). The van der Waals surface area contributed by atoms with Crippen LogP contribution in [0.3, 0.4) is 0 Å². The second-order valence-corrected chi connectivity index (χ2v) is 5.22. The van der Waals surface area contributed by atoms with Gasteiger partial charge in [-0.05, 0) is 37.3 Å². The van der Waals surface area contributed by atoms with E-state index in [4.69, 9.17) is 4.74 Å². The maximum Gasteiger partial charge on any atom is 0.258 e. The van der Waals surface area contributed by atoms with E-state index in [1.54, 1.807) is 12.1 Å². The van der Waals surface area contributed by atoms with E-state index in [0.29, 0.717) is 5.75 Å². The van der Waals surface area contributed by atoms with Gasteiger partial charge < -0.3 is 15.4 Å². The molecule has 126 valence electrons. The van der Waals surface area contributed by atoms with Gasteiger partial charge in [-0.3, -0.25) is 9.59 Å². The molecule has 2 aromatic rings. The fourth-order valence-corrected chi connectivity index (χ4v) is 1.94. The Labute approximate surface area is 139 Å². The van der Waals surface area contributed by atoms with Gasteiger partial charge in [0.15, 0.2) is 6.61 Å². The van der Waals surface area contributed by atoms with Gasteiger partial charge in [-0.2, -0.15) is 0 Å². The molecule has 0 fully saturated rings. The lowest BCUT2D eigenvalue weighted by atomic mass is 10.2. The number of aryl methyl sites for hydroxylation is 1. The molecule has 2 aromatic carbocycles. The average Bonchev–Trinajstić information content (AvgIpc) is 2.58. The summed E-state index contributed by atoms with van der Waals surface area (Å²) >= 11 is 0. The van der Waals surface area contributed by atoms with Crippen molar-refractivity contribution < 1.29 is 18.7 Å². The molecule has 2 amide bonds. The fraction of sp³-hybridized carbons (Fsp3) is 0.222. The summed E-state index contributed by atoms with van der Waals surface area (Å²) in [5.41, 5.74) is 1.35. The monoisotopic (exact) mass is 330 g/mol. The van der Waals surface area contributed by atoms with Crippen molar-refractivity contribution in [1.82, 2.24) is 10.6 Å². The number of rotatable bonds is 7. The third-order valence-corrected chi connectivity index (χ3v) is 3.21. The Morgan fingerprint density at radius 3 is 2.46 bits per heavy atom. The molecule has 0 radical (unpaired) electrons. The van der Waals surface area contributed by atoms with E-state index >= 15 is 0 Å². The molecule has 6 heteroatoms. The topological polar surface area (TPSA) is 67.4 Å². The zero-order chi connectivity index (χ0) is 17.4. The molecule has 0 aliphatic rings. The van der Waals surface area contributed by atoms with Crippen molar-refractivity contribution in [1.29, 1.82) is 0 Å². The van der Waals surface area contributed by atoms with Crippen molar-refractivity contribution in [2.45, 2.75) is 6.92 Å². The van der Waals surface area contributed by atoms with Gasteiger partial charge in [-0.1, -0.05) is 23.8 Å². The first-order valence-electron chi connectivity index (χ1n) is 7.54. The Kier molecular flexibility index (Phi) is 6.31. The van der Waals surface area contributed by atoms with Crippen molar-refractivity contribution in [2.24, 2.45) is 0 Å². The van der Waals surface area contributed by atoms with Gasteiger partial charge in [-0.15, -0.1) is 0 Å². The highest BCUT2D eigenvalue weighted by molar-refractivity contribution is 5.94. The van der Waals surface area contributed by atoms with Gasteiger partial charge in [0, 0.05) is 18.7 Å². The molecular formula is C18H19FN2O3. The molecule has 0 unspecified atom stereocenters. The zero-order valence-electron chi connectivity index (χ0n) is 13.3. The van der Waals surface area contributed by atoms with E-state index in [1.165, 1.54) is 18.2 Å². The van der Waals surface area contributed by atoms with Crippen molar-refractivity contribution in [3.8, 4) is 5.75 Å². The van der Waals surface area contributed by atoms with E-state index in [9.17, 15) is 14.0 Å². The molecule has 0 spiro atoms. The summed E-state index contributed by atoms with van der Waals surface area (Å²) in [6.07, 6.45) is 0. The third-order valence-electron chi connectivity index (χ3n) is 3.21. The maximum absolute atomic E-state index is 13.0. The SMILES string of the molecule is Cc1ccc(OCC(=O)NCCNC(=O)c2cccc(F)c2)cc1. The van der Waals surface area contributed by atoms with Gasteiger partial charge in [0.2, 0.25) is 0 Å². The molecule has 0 heterocycles. The molecule has 0 aliphatic heterocycles. The van der Waals surface area contributed by atoms with Crippen molar-refractivity contribution in [3.05, 3.63) is 65.5 Å². The summed E-state index contributed by atoms with van der Waals surface area (Å²) in [5.74, 6) is -0.519. The van der Waals surface area contributed by atoms with E-state index in [-0.39, 0.29) is 37.1 Å². The van der Waals surface area contributed by atoms with Crippen LogP contribution in [-0.4, -0.2) is 31.5 Å². The van der Waals surface area contributed by atoms with Crippen molar-refractivity contribution >= 4 is 11.8 Å². The lowest BCUT2D eigenvalue weighted by Crippen LogP contribution is -2.36. The van der Waals surface area contributed by atoms with Crippen LogP contribution >= 0.6 is 0 Å². The largest absolute Gasteiger partial charge is 0.484 e. The van der Waals surface area contributed by atoms with E-state index in [1.807, 2.05) is 19.1 Å². The number of hydrogen-bond donors (Lipinski definition) is 2. The first kappa shape index (κ1) is 17.5. The summed E-state index contributed by atoms with van der Waals surface area (Å²) in [4.78, 5) is 23.4. The van der Waals surface area contributed by atoms with Crippen LogP contribution in [0, 0.1) is 12.7 Å². The second-order valence-electron chi connectivity index (χ2n) is 5.22. The number of benzene rings is 2. The quantitative estimate of drug-likeness (QED) is 0.764. The summed E-state index contributed by atoms with van der Waals surface area (Å²) in [7, 11) is 0. The molecule has 2 N–H and O–H groups in total. The summed E-state index contributed by atoms with van der Waals surface area (Å²) < 4.78 is 18.4. The zero-order valence-corrected chi connectivity index (χ0v) is 13.3. The maximum atomic E-state index is 13.0. The number of carbonyl (C=O) groups excluding carboxylic acids is 2. The van der Waals surface area contributed by atoms with Crippen LogP contribution in [0.2, 0.25) is 0 Å². The van der Waals surface area contributed by atoms with Gasteiger partial charge in [0.25, 0.3) is 11.8 Å². The molecular weight excluding hydrogens is 311 g/mol. The highest BCUT2D eigenvalue weighted by Crippen LogP contribution is 2.10. The minimum absolute atomic E-state index is 0.0963. The molecule has 0 bridgehead atoms. The van der Waals surface area contributed by atoms with E-state index in [2.05, 4.69) is 10.6 Å². The minimum Gasteiger partial charge on any atom is -0.484 e. The third kappa shape index (κ3) is 5.72. The lowest BCUT2D eigenvalue weighted by Gasteiger charge is -2.09. The minimum atomic E-state index is -0.468. The summed E-state index contributed by atoms with van der Waals surface area (Å²) in [5, 5.41) is 5.23. The van der Waals surface area contributed by atoms with Gasteiger partial charge in [0.05, 0.1) is 0 Å². The van der Waals surface area contributed by atoms with Crippen LogP contribution in [0.15, 0.2) is 48.5 Å². The predicted octanol–water partition coefficient (Wildman–Crippen LogP) is 2.06. The summed E-state index contributed by atoms with van der Waals surface area (Å²) in [6, 6.07) is 12.8. The van der Waals surface area contributed by atoms with E-state index in [0.717, 1.165) is 11.6 Å². The Balaban J connectivity index is 1.64. The molecule has 0 atom stereocenters. The van der Waals surface area contributed by atoms with E-state index < -0.39 is 5.82 Å². The van der Waals surface area contributed by atoms with Crippen LogP contribution in [0.25, 0.3) is 0 Å². The highest BCUT2D eigenvalue weighted by Gasteiger charge is 2.06. The van der Waals surface area contributed by atoms with Gasteiger partial charge in [0.1, 0.15) is 11.6 Å². The molecule has 0 saturated heterocycles. The summed E-state index contributed by atoms with van der Waals surface area (Å²) in [6.45, 7) is 2.37. The molecule has 0 aliphatic carbocycles. The normalized spacial score (nSPS) is 10.1. The molecule has 24 heavy (non-hydrogen) atoms. The van der Waals surface area contributed by atoms with Crippen LogP contribution in [0.5, 0.6) is 5.75 Å². The Morgan fingerprint density at radius 2 is 1.75 bits per heavy atom. The number of halogens is 1. The Bertz CT molecular complexity index is 702. The molecule has 0 saturated carbocycles. The number of hydrogen-bond acceptors (Lipinski definition) is 3. The smallest absolute Gasteiger partial charge is 0.258 e. The van der Waals surface area contributed by atoms with Gasteiger partial charge >= 0.3 is 0 Å². The number of amides is 2. The first-order valence-corrected chi connectivity index (χ1v) is 7.54. The van der Waals surface area contributed by atoms with Crippen LogP contribution in [0.1, 0.15) is 15.9 Å². The van der Waals surface area contributed by atoms with Crippen LogP contribution < -0.4 is 15.4 Å². The Morgan fingerprint density at radius 1 is 1.04 bits per heavy atom.